The molecular formula is C38H68N6O8. The Morgan fingerprint density at radius 3 is 2.08 bits per heavy atom. The Hall–Kier alpha value is -3.75. The number of carboxylic acid groups (broad SMARTS) is 1. The van der Waals surface area contributed by atoms with Crippen LogP contribution in [0.4, 0.5) is 4.79 Å². The second-order valence-electron chi connectivity index (χ2n) is 13.3. The number of carboxylic acids is 1. The van der Waals surface area contributed by atoms with E-state index in [1.807, 2.05) is 32.0 Å². The van der Waals surface area contributed by atoms with Gasteiger partial charge in [-0.25, -0.2) is 4.79 Å². The van der Waals surface area contributed by atoms with E-state index < -0.39 is 42.6 Å². The highest BCUT2D eigenvalue weighted by molar-refractivity contribution is 5.85. The molecule has 52 heavy (non-hydrogen) atoms. The van der Waals surface area contributed by atoms with Gasteiger partial charge in [-0.3, -0.25) is 19.2 Å². The number of aliphatic carboxylic acids is 1. The SMILES string of the molecule is CCC.CCC(C)C(C(CC(=O)N1CCCC1C(OC)C(C)C(=O)NCC(=O)O)OC)N(C)C(=O)CNC(=O)N(C)CCNC.Cc1ccccc1. The van der Waals surface area contributed by atoms with Crippen molar-refractivity contribution in [1.29, 1.82) is 0 Å². The smallest absolute Gasteiger partial charge is 0.322 e. The van der Waals surface area contributed by atoms with E-state index in [1.54, 1.807) is 37.9 Å². The van der Waals surface area contributed by atoms with Crippen molar-refractivity contribution < 1.29 is 38.6 Å². The zero-order chi connectivity index (χ0) is 39.8. The van der Waals surface area contributed by atoms with Gasteiger partial charge in [-0.1, -0.05) is 83.4 Å². The van der Waals surface area contributed by atoms with E-state index in [1.165, 1.54) is 31.1 Å². The third kappa shape index (κ3) is 17.2. The average Bonchev–Trinajstić information content (AvgIpc) is 3.61. The van der Waals surface area contributed by atoms with Gasteiger partial charge in [0.2, 0.25) is 17.7 Å². The van der Waals surface area contributed by atoms with Crippen LogP contribution in [0.15, 0.2) is 30.3 Å². The molecule has 1 aliphatic heterocycles. The van der Waals surface area contributed by atoms with Gasteiger partial charge in [0.25, 0.3) is 0 Å². The van der Waals surface area contributed by atoms with Gasteiger partial charge in [0.15, 0.2) is 0 Å². The highest BCUT2D eigenvalue weighted by Gasteiger charge is 2.42. The van der Waals surface area contributed by atoms with E-state index in [0.29, 0.717) is 26.1 Å². The van der Waals surface area contributed by atoms with Crippen molar-refractivity contribution in [2.75, 3.05) is 68.1 Å². The number of ether oxygens (including phenoxy) is 2. The van der Waals surface area contributed by atoms with Crippen molar-refractivity contribution in [2.24, 2.45) is 11.8 Å². The molecule has 6 atom stereocenters. The topological polar surface area (TPSA) is 170 Å². The van der Waals surface area contributed by atoms with Crippen molar-refractivity contribution in [3.8, 4) is 0 Å². The Morgan fingerprint density at radius 2 is 1.60 bits per heavy atom. The second-order valence-corrected chi connectivity index (χ2v) is 13.3. The molecule has 1 heterocycles. The molecule has 1 saturated heterocycles. The number of urea groups is 1. The third-order valence-corrected chi connectivity index (χ3v) is 9.09. The minimum absolute atomic E-state index is 0.00870. The van der Waals surface area contributed by atoms with Crippen LogP contribution >= 0.6 is 0 Å². The molecular weight excluding hydrogens is 668 g/mol. The number of benzene rings is 1. The predicted octanol–water partition coefficient (Wildman–Crippen LogP) is 3.38. The van der Waals surface area contributed by atoms with E-state index in [4.69, 9.17) is 14.6 Å². The normalized spacial score (nSPS) is 16.4. The van der Waals surface area contributed by atoms with Gasteiger partial charge in [0.1, 0.15) is 6.54 Å². The minimum atomic E-state index is -1.15. The maximum Gasteiger partial charge on any atom is 0.322 e. The van der Waals surface area contributed by atoms with Crippen LogP contribution in [0.2, 0.25) is 0 Å². The maximum absolute atomic E-state index is 13.7. The molecule has 0 bridgehead atoms. The first-order chi connectivity index (χ1) is 24.6. The Kier molecular flexibility index (Phi) is 25.0. The molecule has 0 radical (unpaired) electrons. The summed E-state index contributed by atoms with van der Waals surface area (Å²) < 4.78 is 11.5. The molecule has 0 saturated carbocycles. The second kappa shape index (κ2) is 26.9. The number of nitrogens with zero attached hydrogens (tertiary/aromatic N) is 3. The van der Waals surface area contributed by atoms with E-state index in [9.17, 15) is 24.0 Å². The first-order valence-corrected chi connectivity index (χ1v) is 18.4. The molecule has 0 aliphatic carbocycles. The number of rotatable bonds is 18. The fourth-order valence-corrected chi connectivity index (χ4v) is 5.98. The molecule has 1 aliphatic rings. The van der Waals surface area contributed by atoms with Gasteiger partial charge in [-0.15, -0.1) is 0 Å². The van der Waals surface area contributed by atoms with Crippen molar-refractivity contribution in [2.45, 2.75) is 97.9 Å². The first kappa shape index (κ1) is 48.2. The van der Waals surface area contributed by atoms with Crippen LogP contribution in [0, 0.1) is 18.8 Å². The van der Waals surface area contributed by atoms with Crippen molar-refractivity contribution >= 4 is 29.7 Å². The average molecular weight is 737 g/mol. The molecule has 1 aromatic carbocycles. The molecule has 0 spiro atoms. The molecule has 298 valence electrons. The van der Waals surface area contributed by atoms with Crippen LogP contribution in [0.25, 0.3) is 0 Å². The summed E-state index contributed by atoms with van der Waals surface area (Å²) in [5.41, 5.74) is 1.32. The van der Waals surface area contributed by atoms with E-state index in [2.05, 4.69) is 48.9 Å². The van der Waals surface area contributed by atoms with Crippen molar-refractivity contribution in [3.05, 3.63) is 35.9 Å². The zero-order valence-corrected chi connectivity index (χ0v) is 33.6. The van der Waals surface area contributed by atoms with Gasteiger partial charge in [-0.05, 0) is 32.7 Å². The minimum Gasteiger partial charge on any atom is -0.480 e. The number of hydrogen-bond donors (Lipinski definition) is 4. The summed E-state index contributed by atoms with van der Waals surface area (Å²) in [6.45, 7) is 12.9. The molecule has 14 heteroatoms. The summed E-state index contributed by atoms with van der Waals surface area (Å²) in [4.78, 5) is 67.4. The summed E-state index contributed by atoms with van der Waals surface area (Å²) in [6.07, 6.45) is 2.11. The summed E-state index contributed by atoms with van der Waals surface area (Å²) in [5.74, 6) is -2.79. The standard InChI is InChI=1S/C28H52N6O8.C7H8.C3H8/c1-9-18(2)25(33(6)23(36)16-31-28(40)32(5)14-12-29-4)21(41-7)15-22(35)34-13-10-11-20(34)26(42-8)19(3)27(39)30-17-24(37)38;1-7-5-3-2-4-6-7;1-3-2/h18-21,25-26,29H,9-17H2,1-8H3,(H,30,39)(H,31,40)(H,37,38);2-6H,1H3;3H2,1-2H3. The number of methoxy groups -OCH3 is 2. The zero-order valence-electron chi connectivity index (χ0n) is 33.6. The van der Waals surface area contributed by atoms with Gasteiger partial charge < -0.3 is 45.2 Å². The van der Waals surface area contributed by atoms with Crippen LogP contribution < -0.4 is 16.0 Å². The molecule has 1 aromatic rings. The molecule has 0 aromatic heterocycles. The maximum atomic E-state index is 13.7. The van der Waals surface area contributed by atoms with Gasteiger partial charge >= 0.3 is 12.0 Å². The largest absolute Gasteiger partial charge is 0.480 e. The van der Waals surface area contributed by atoms with Crippen LogP contribution in [-0.2, 0) is 28.7 Å². The van der Waals surface area contributed by atoms with Gasteiger partial charge in [0.05, 0.1) is 43.2 Å². The number of aryl methyl sites for hydroxylation is 1. The molecule has 1 fully saturated rings. The van der Waals surface area contributed by atoms with E-state index >= 15 is 0 Å². The lowest BCUT2D eigenvalue weighted by Gasteiger charge is -2.39. The van der Waals surface area contributed by atoms with Crippen LogP contribution in [0.1, 0.15) is 72.3 Å². The third-order valence-electron chi connectivity index (χ3n) is 9.09. The van der Waals surface area contributed by atoms with Crippen molar-refractivity contribution in [3.63, 3.8) is 0 Å². The predicted molar refractivity (Wildman–Crippen MR) is 204 cm³/mol. The van der Waals surface area contributed by atoms with E-state index in [-0.39, 0.29) is 42.8 Å². The number of hydrogen-bond acceptors (Lipinski definition) is 8. The lowest BCUT2D eigenvalue weighted by atomic mass is 9.90. The number of carbonyl (C=O) groups excluding carboxylic acids is 4. The number of likely N-dealkylation sites (tertiary alicyclic amines) is 1. The van der Waals surface area contributed by atoms with Gasteiger partial charge in [-0.2, -0.15) is 0 Å². The summed E-state index contributed by atoms with van der Waals surface area (Å²) in [5, 5.41) is 16.9. The quantitative estimate of drug-likeness (QED) is 0.177. The molecule has 2 rings (SSSR count). The van der Waals surface area contributed by atoms with Crippen LogP contribution in [0.3, 0.4) is 0 Å². The summed E-state index contributed by atoms with van der Waals surface area (Å²) >= 11 is 0. The Morgan fingerprint density at radius 1 is 0.981 bits per heavy atom. The number of amides is 5. The molecule has 6 unspecified atom stereocenters. The number of nitrogens with one attached hydrogen (secondary N) is 3. The monoisotopic (exact) mass is 737 g/mol. The summed E-state index contributed by atoms with van der Waals surface area (Å²) in [7, 11) is 8.09. The van der Waals surface area contributed by atoms with E-state index in [0.717, 1.165) is 12.8 Å². The first-order valence-electron chi connectivity index (χ1n) is 18.4. The Bertz CT molecular complexity index is 1190. The Balaban J connectivity index is 0.00000224. The fourth-order valence-electron chi connectivity index (χ4n) is 5.98. The molecule has 4 N–H and O–H groups in total. The number of likely N-dealkylation sites (N-methyl/N-ethyl adjacent to an activating group) is 3. The van der Waals surface area contributed by atoms with Gasteiger partial charge in [0, 0.05) is 47.9 Å². The highest BCUT2D eigenvalue weighted by Crippen LogP contribution is 2.29. The molecule has 5 amide bonds. The highest BCUT2D eigenvalue weighted by atomic mass is 16.5. The fraction of sp³-hybridized carbons (Fsp3) is 0.711. The lowest BCUT2D eigenvalue weighted by molar-refractivity contribution is -0.146. The van der Waals surface area contributed by atoms with Crippen molar-refractivity contribution in [1.82, 2.24) is 30.7 Å². The molecule has 14 nitrogen and oxygen atoms in total. The number of carbonyl (C=O) groups is 5. The van der Waals surface area contributed by atoms with Crippen LogP contribution in [0.5, 0.6) is 0 Å². The summed E-state index contributed by atoms with van der Waals surface area (Å²) in [6, 6.07) is 9.10. The Labute approximate surface area is 312 Å². The van der Waals surface area contributed by atoms with Crippen LogP contribution in [-0.4, -0.2) is 142 Å². The lowest BCUT2D eigenvalue weighted by Crippen LogP contribution is -2.54.